The van der Waals surface area contributed by atoms with Gasteiger partial charge in [0, 0.05) is 12.1 Å². The van der Waals surface area contributed by atoms with Gasteiger partial charge in [0.1, 0.15) is 0 Å². The summed E-state index contributed by atoms with van der Waals surface area (Å²) < 4.78 is 4.56. The molecule has 3 N–H and O–H groups in total. The fourth-order valence-electron chi connectivity index (χ4n) is 1.36. The number of amides is 1. The van der Waals surface area contributed by atoms with Gasteiger partial charge in [0.2, 0.25) is 5.91 Å². The number of methoxy groups -OCH3 is 1. The summed E-state index contributed by atoms with van der Waals surface area (Å²) in [4.78, 5) is 22.3. The third kappa shape index (κ3) is 6.22. The predicted octanol–water partition coefficient (Wildman–Crippen LogP) is 1.50. The van der Waals surface area contributed by atoms with E-state index in [0.29, 0.717) is 18.5 Å². The third-order valence-corrected chi connectivity index (χ3v) is 2.48. The number of nitrogens with one attached hydrogen (secondary N) is 1. The van der Waals surface area contributed by atoms with Gasteiger partial charge in [-0.25, -0.2) is 0 Å². The maximum Gasteiger partial charge on any atom is 0.305 e. The van der Waals surface area contributed by atoms with Crippen LogP contribution in [0.5, 0.6) is 0 Å². The van der Waals surface area contributed by atoms with Crippen molar-refractivity contribution in [1.82, 2.24) is 0 Å². The molecule has 6 heteroatoms. The van der Waals surface area contributed by atoms with Crippen LogP contribution in [-0.2, 0) is 20.7 Å². The molecule has 0 radical (unpaired) electrons. The van der Waals surface area contributed by atoms with E-state index in [1.165, 1.54) is 7.11 Å². The first kappa shape index (κ1) is 17.4. The Morgan fingerprint density at radius 2 is 1.89 bits per heavy atom. The van der Waals surface area contributed by atoms with Crippen molar-refractivity contribution < 1.29 is 14.3 Å². The second-order valence-electron chi connectivity index (χ2n) is 4.05. The smallest absolute Gasteiger partial charge is 0.305 e. The number of halogens is 1. The van der Waals surface area contributed by atoms with Crippen LogP contribution in [0.4, 0.5) is 5.69 Å². The van der Waals surface area contributed by atoms with Crippen LogP contribution in [0, 0.1) is 0 Å². The standard InChI is InChI=1S/C13H18N2O3.ClH/c1-9(14)13(17)15-11-6-3-10(4-7-11)5-8-12(16)18-2;/h3-4,6-7,9H,5,8,14H2,1-2H3,(H,15,17);1H/t9-;/m1./s1. The van der Waals surface area contributed by atoms with Gasteiger partial charge in [-0.15, -0.1) is 12.4 Å². The SMILES string of the molecule is COC(=O)CCc1ccc(NC(=O)[C@@H](C)N)cc1.Cl. The molecule has 1 aromatic rings. The molecule has 1 amide bonds. The molecular formula is C13H19ClN2O3. The van der Waals surface area contributed by atoms with E-state index in [1.54, 1.807) is 19.1 Å². The second kappa shape index (κ2) is 8.50. The Labute approximate surface area is 118 Å². The molecule has 5 nitrogen and oxygen atoms in total. The zero-order valence-electron chi connectivity index (χ0n) is 11.0. The number of rotatable bonds is 5. The van der Waals surface area contributed by atoms with Crippen molar-refractivity contribution >= 4 is 30.0 Å². The minimum Gasteiger partial charge on any atom is -0.469 e. The van der Waals surface area contributed by atoms with E-state index in [-0.39, 0.29) is 24.3 Å². The molecule has 0 aliphatic heterocycles. The van der Waals surface area contributed by atoms with E-state index in [1.807, 2.05) is 12.1 Å². The molecule has 0 aliphatic rings. The Morgan fingerprint density at radius 3 is 2.37 bits per heavy atom. The van der Waals surface area contributed by atoms with Gasteiger partial charge >= 0.3 is 5.97 Å². The normalized spacial score (nSPS) is 11.1. The van der Waals surface area contributed by atoms with Gasteiger partial charge in [-0.1, -0.05) is 12.1 Å². The summed E-state index contributed by atoms with van der Waals surface area (Å²) in [5.41, 5.74) is 7.15. The van der Waals surface area contributed by atoms with E-state index in [9.17, 15) is 9.59 Å². The Balaban J connectivity index is 0.00000324. The van der Waals surface area contributed by atoms with E-state index in [4.69, 9.17) is 5.73 Å². The average molecular weight is 287 g/mol. The average Bonchev–Trinajstić information content (AvgIpc) is 2.37. The lowest BCUT2D eigenvalue weighted by atomic mass is 10.1. The monoisotopic (exact) mass is 286 g/mol. The number of hydrogen-bond donors (Lipinski definition) is 2. The van der Waals surface area contributed by atoms with Gasteiger partial charge in [-0.05, 0) is 31.0 Å². The second-order valence-corrected chi connectivity index (χ2v) is 4.05. The Morgan fingerprint density at radius 1 is 1.32 bits per heavy atom. The highest BCUT2D eigenvalue weighted by Gasteiger charge is 2.07. The minimum absolute atomic E-state index is 0. The van der Waals surface area contributed by atoms with Gasteiger partial charge in [0.15, 0.2) is 0 Å². The molecule has 0 unspecified atom stereocenters. The lowest BCUT2D eigenvalue weighted by Crippen LogP contribution is -2.32. The number of anilines is 1. The number of benzene rings is 1. The number of hydrogen-bond acceptors (Lipinski definition) is 4. The van der Waals surface area contributed by atoms with Crippen LogP contribution < -0.4 is 11.1 Å². The first-order valence-corrected chi connectivity index (χ1v) is 5.75. The van der Waals surface area contributed by atoms with Crippen LogP contribution in [0.15, 0.2) is 24.3 Å². The molecule has 1 atom stereocenters. The van der Waals surface area contributed by atoms with Gasteiger partial charge in [0.05, 0.1) is 13.2 Å². The van der Waals surface area contributed by atoms with Crippen molar-refractivity contribution in [1.29, 1.82) is 0 Å². The van der Waals surface area contributed by atoms with Crippen LogP contribution in [0.25, 0.3) is 0 Å². The van der Waals surface area contributed by atoms with Gasteiger partial charge in [-0.2, -0.15) is 0 Å². The van der Waals surface area contributed by atoms with Gasteiger partial charge in [0.25, 0.3) is 0 Å². The minimum atomic E-state index is -0.538. The van der Waals surface area contributed by atoms with Gasteiger partial charge in [-0.3, -0.25) is 9.59 Å². The van der Waals surface area contributed by atoms with E-state index in [0.717, 1.165) is 5.56 Å². The predicted molar refractivity (Wildman–Crippen MR) is 76.3 cm³/mol. The quantitative estimate of drug-likeness (QED) is 0.804. The Bertz CT molecular complexity index is 418. The Hall–Kier alpha value is -1.59. The zero-order chi connectivity index (χ0) is 13.5. The first-order chi connectivity index (χ1) is 8.52. The summed E-state index contributed by atoms with van der Waals surface area (Å²) >= 11 is 0. The largest absolute Gasteiger partial charge is 0.469 e. The van der Waals surface area contributed by atoms with Crippen molar-refractivity contribution in [3.05, 3.63) is 29.8 Å². The van der Waals surface area contributed by atoms with E-state index < -0.39 is 6.04 Å². The van der Waals surface area contributed by atoms with Crippen molar-refractivity contribution in [2.24, 2.45) is 5.73 Å². The maximum atomic E-state index is 11.4. The molecule has 0 heterocycles. The lowest BCUT2D eigenvalue weighted by molar-refractivity contribution is -0.140. The topological polar surface area (TPSA) is 81.4 Å². The Kier molecular flexibility index (Phi) is 7.79. The third-order valence-electron chi connectivity index (χ3n) is 2.48. The summed E-state index contributed by atoms with van der Waals surface area (Å²) in [6.07, 6.45) is 0.968. The van der Waals surface area contributed by atoms with E-state index in [2.05, 4.69) is 10.1 Å². The molecule has 0 aromatic heterocycles. The number of carbonyl (C=O) groups excluding carboxylic acids is 2. The number of aryl methyl sites for hydroxylation is 1. The molecule has 1 rings (SSSR count). The van der Waals surface area contributed by atoms with Crippen LogP contribution in [0.2, 0.25) is 0 Å². The van der Waals surface area contributed by atoms with Crippen molar-refractivity contribution in [3.8, 4) is 0 Å². The number of carbonyl (C=O) groups is 2. The van der Waals surface area contributed by atoms with Crippen molar-refractivity contribution in [3.63, 3.8) is 0 Å². The van der Waals surface area contributed by atoms with Crippen LogP contribution in [0.3, 0.4) is 0 Å². The summed E-state index contributed by atoms with van der Waals surface area (Å²) in [5, 5.41) is 2.69. The van der Waals surface area contributed by atoms with E-state index >= 15 is 0 Å². The zero-order valence-corrected chi connectivity index (χ0v) is 11.8. The van der Waals surface area contributed by atoms with Crippen LogP contribution in [-0.4, -0.2) is 25.0 Å². The van der Waals surface area contributed by atoms with Gasteiger partial charge < -0.3 is 15.8 Å². The van der Waals surface area contributed by atoms with Crippen molar-refractivity contribution in [2.75, 3.05) is 12.4 Å². The van der Waals surface area contributed by atoms with Crippen molar-refractivity contribution in [2.45, 2.75) is 25.8 Å². The summed E-state index contributed by atoms with van der Waals surface area (Å²) in [6.45, 7) is 1.63. The molecule has 0 saturated heterocycles. The fourth-order valence-corrected chi connectivity index (χ4v) is 1.36. The maximum absolute atomic E-state index is 11.4. The highest BCUT2D eigenvalue weighted by molar-refractivity contribution is 5.94. The molecule has 0 fully saturated rings. The summed E-state index contributed by atoms with van der Waals surface area (Å²) in [6, 6.07) is 6.75. The molecule has 0 bridgehead atoms. The summed E-state index contributed by atoms with van der Waals surface area (Å²) in [5.74, 6) is -0.457. The lowest BCUT2D eigenvalue weighted by Gasteiger charge is -2.08. The molecule has 0 aliphatic carbocycles. The highest BCUT2D eigenvalue weighted by Crippen LogP contribution is 2.11. The highest BCUT2D eigenvalue weighted by atomic mass is 35.5. The summed E-state index contributed by atoms with van der Waals surface area (Å²) in [7, 11) is 1.37. The first-order valence-electron chi connectivity index (χ1n) is 5.75. The molecule has 0 saturated carbocycles. The molecular weight excluding hydrogens is 268 g/mol. The fraction of sp³-hybridized carbons (Fsp3) is 0.385. The van der Waals surface area contributed by atoms with Crippen LogP contribution in [0.1, 0.15) is 18.9 Å². The molecule has 1 aromatic carbocycles. The number of ether oxygens (including phenoxy) is 1. The number of nitrogens with two attached hydrogens (primary N) is 1. The number of esters is 1. The molecule has 19 heavy (non-hydrogen) atoms. The molecule has 0 spiro atoms. The molecule has 106 valence electrons. The van der Waals surface area contributed by atoms with Crippen LogP contribution >= 0.6 is 12.4 Å².